The second-order valence-corrected chi connectivity index (χ2v) is 5.94. The lowest BCUT2D eigenvalue weighted by Gasteiger charge is -2.23. The van der Waals surface area contributed by atoms with Crippen LogP contribution in [0.1, 0.15) is 16.7 Å². The highest BCUT2D eigenvalue weighted by Crippen LogP contribution is 2.21. The summed E-state index contributed by atoms with van der Waals surface area (Å²) in [6, 6.07) is 18.2. The van der Waals surface area contributed by atoms with E-state index in [1.54, 1.807) is 5.01 Å². The van der Waals surface area contributed by atoms with Crippen molar-refractivity contribution < 1.29 is 4.79 Å². The van der Waals surface area contributed by atoms with E-state index in [1.807, 2.05) is 30.3 Å². The maximum absolute atomic E-state index is 12.0. The van der Waals surface area contributed by atoms with Gasteiger partial charge in [0.15, 0.2) is 0 Å². The SMILES string of the molecule is Cc1ccc(C2=NN(Cc3ccccc3)C(=O)SC2)cc1. The Labute approximate surface area is 128 Å². The Kier molecular flexibility index (Phi) is 4.06. The highest BCUT2D eigenvalue weighted by molar-refractivity contribution is 8.14. The smallest absolute Gasteiger partial charge is 0.260 e. The van der Waals surface area contributed by atoms with E-state index in [4.69, 9.17) is 0 Å². The maximum atomic E-state index is 12.0. The van der Waals surface area contributed by atoms with Crippen molar-refractivity contribution in [3.05, 3.63) is 71.3 Å². The van der Waals surface area contributed by atoms with Gasteiger partial charge in [-0.3, -0.25) is 4.79 Å². The van der Waals surface area contributed by atoms with Crippen LogP contribution < -0.4 is 0 Å². The van der Waals surface area contributed by atoms with E-state index in [9.17, 15) is 4.79 Å². The van der Waals surface area contributed by atoms with E-state index in [2.05, 4.69) is 36.3 Å². The van der Waals surface area contributed by atoms with Crippen LogP contribution >= 0.6 is 11.8 Å². The number of amides is 1. The summed E-state index contributed by atoms with van der Waals surface area (Å²) >= 11 is 1.31. The molecule has 106 valence electrons. The summed E-state index contributed by atoms with van der Waals surface area (Å²) in [7, 11) is 0. The highest BCUT2D eigenvalue weighted by Gasteiger charge is 2.22. The molecule has 0 saturated carbocycles. The van der Waals surface area contributed by atoms with E-state index in [1.165, 1.54) is 17.3 Å². The van der Waals surface area contributed by atoms with Crippen LogP contribution in [0.15, 0.2) is 59.7 Å². The van der Waals surface area contributed by atoms with Crippen molar-refractivity contribution in [2.24, 2.45) is 5.10 Å². The predicted octanol–water partition coefficient (Wildman–Crippen LogP) is 4.07. The Bertz CT molecular complexity index is 665. The number of aryl methyl sites for hydroxylation is 1. The molecule has 1 aliphatic rings. The molecule has 0 unspecified atom stereocenters. The molecule has 2 aromatic carbocycles. The first kappa shape index (κ1) is 13.9. The molecule has 4 heteroatoms. The Morgan fingerprint density at radius 2 is 1.81 bits per heavy atom. The maximum Gasteiger partial charge on any atom is 0.302 e. The van der Waals surface area contributed by atoms with Crippen molar-refractivity contribution in [2.45, 2.75) is 13.5 Å². The van der Waals surface area contributed by atoms with Crippen molar-refractivity contribution in [1.82, 2.24) is 5.01 Å². The molecule has 1 aliphatic heterocycles. The van der Waals surface area contributed by atoms with E-state index in [-0.39, 0.29) is 5.24 Å². The van der Waals surface area contributed by atoms with Gasteiger partial charge >= 0.3 is 5.24 Å². The first-order valence-corrected chi connectivity index (χ1v) is 7.84. The first-order chi connectivity index (χ1) is 10.2. The third kappa shape index (κ3) is 3.34. The largest absolute Gasteiger partial charge is 0.302 e. The van der Waals surface area contributed by atoms with E-state index < -0.39 is 0 Å². The number of carbonyl (C=O) groups excluding carboxylic acids is 1. The van der Waals surface area contributed by atoms with Gasteiger partial charge in [-0.05, 0) is 18.1 Å². The molecular formula is C17H16N2OS. The summed E-state index contributed by atoms with van der Waals surface area (Å²) in [6.45, 7) is 2.58. The fourth-order valence-electron chi connectivity index (χ4n) is 2.16. The number of thioether (sulfide) groups is 1. The lowest BCUT2D eigenvalue weighted by molar-refractivity contribution is 0.222. The van der Waals surface area contributed by atoms with Crippen molar-refractivity contribution in [2.75, 3.05) is 5.75 Å². The topological polar surface area (TPSA) is 32.7 Å². The number of benzene rings is 2. The average molecular weight is 296 g/mol. The van der Waals surface area contributed by atoms with Gasteiger partial charge in [-0.15, -0.1) is 0 Å². The summed E-state index contributed by atoms with van der Waals surface area (Å²) < 4.78 is 0. The van der Waals surface area contributed by atoms with Gasteiger partial charge in [-0.2, -0.15) is 5.10 Å². The van der Waals surface area contributed by atoms with Gasteiger partial charge < -0.3 is 0 Å². The monoisotopic (exact) mass is 296 g/mol. The van der Waals surface area contributed by atoms with Crippen LogP contribution in [0.3, 0.4) is 0 Å². The fourth-order valence-corrected chi connectivity index (χ4v) is 2.90. The second-order valence-electron chi connectivity index (χ2n) is 5.01. The summed E-state index contributed by atoms with van der Waals surface area (Å²) in [6.07, 6.45) is 0. The molecule has 1 heterocycles. The number of hydrogen-bond acceptors (Lipinski definition) is 3. The number of hydrazone groups is 1. The first-order valence-electron chi connectivity index (χ1n) is 6.85. The minimum atomic E-state index is 0.00900. The molecule has 0 atom stereocenters. The second kappa shape index (κ2) is 6.14. The third-order valence-electron chi connectivity index (χ3n) is 3.34. The van der Waals surface area contributed by atoms with Crippen molar-refractivity contribution in [3.63, 3.8) is 0 Å². The van der Waals surface area contributed by atoms with Crippen LogP contribution in [-0.2, 0) is 6.54 Å². The van der Waals surface area contributed by atoms with Crippen LogP contribution in [0.25, 0.3) is 0 Å². The number of nitrogens with zero attached hydrogens (tertiary/aromatic N) is 2. The van der Waals surface area contributed by atoms with E-state index in [0.29, 0.717) is 12.3 Å². The van der Waals surface area contributed by atoms with Crippen molar-refractivity contribution in [3.8, 4) is 0 Å². The average Bonchev–Trinajstić information content (AvgIpc) is 2.51. The van der Waals surface area contributed by atoms with Crippen LogP contribution in [0.2, 0.25) is 0 Å². The third-order valence-corrected chi connectivity index (χ3v) is 4.22. The Hall–Kier alpha value is -2.07. The van der Waals surface area contributed by atoms with E-state index >= 15 is 0 Å². The molecule has 1 amide bonds. The molecule has 0 radical (unpaired) electrons. The molecule has 21 heavy (non-hydrogen) atoms. The van der Waals surface area contributed by atoms with Gasteiger partial charge in [0, 0.05) is 5.75 Å². The predicted molar refractivity (Wildman–Crippen MR) is 87.6 cm³/mol. The number of carbonyl (C=O) groups is 1. The van der Waals surface area contributed by atoms with Crippen LogP contribution in [0.5, 0.6) is 0 Å². The molecule has 0 spiro atoms. The zero-order chi connectivity index (χ0) is 14.7. The minimum absolute atomic E-state index is 0.00900. The lowest BCUT2D eigenvalue weighted by Crippen LogP contribution is -2.29. The summed E-state index contributed by atoms with van der Waals surface area (Å²) in [5.41, 5.74) is 4.34. The van der Waals surface area contributed by atoms with Gasteiger partial charge in [0.05, 0.1) is 12.3 Å². The van der Waals surface area contributed by atoms with E-state index in [0.717, 1.165) is 16.8 Å². The zero-order valence-corrected chi connectivity index (χ0v) is 12.6. The normalized spacial score (nSPS) is 15.0. The fraction of sp³-hybridized carbons (Fsp3) is 0.176. The lowest BCUT2D eigenvalue weighted by atomic mass is 10.1. The Morgan fingerprint density at radius 1 is 1.10 bits per heavy atom. The number of hydrogen-bond donors (Lipinski definition) is 0. The van der Waals surface area contributed by atoms with Gasteiger partial charge in [0.25, 0.3) is 0 Å². The van der Waals surface area contributed by atoms with Gasteiger partial charge in [0.2, 0.25) is 0 Å². The standard InChI is InChI=1S/C17H16N2OS/c1-13-7-9-15(10-8-13)16-12-21-17(20)19(18-16)11-14-5-3-2-4-6-14/h2-10H,11-12H2,1H3. The van der Waals surface area contributed by atoms with Crippen LogP contribution in [0, 0.1) is 6.92 Å². The Balaban J connectivity index is 1.84. The molecule has 3 rings (SSSR count). The van der Waals surface area contributed by atoms with Crippen LogP contribution in [-0.4, -0.2) is 21.7 Å². The number of rotatable bonds is 3. The van der Waals surface area contributed by atoms with Crippen molar-refractivity contribution in [1.29, 1.82) is 0 Å². The molecular weight excluding hydrogens is 280 g/mol. The Morgan fingerprint density at radius 3 is 2.52 bits per heavy atom. The highest BCUT2D eigenvalue weighted by atomic mass is 32.2. The molecule has 2 aromatic rings. The minimum Gasteiger partial charge on any atom is -0.260 e. The molecule has 0 fully saturated rings. The van der Waals surface area contributed by atoms with Gasteiger partial charge in [-0.25, -0.2) is 5.01 Å². The van der Waals surface area contributed by atoms with Gasteiger partial charge in [0.1, 0.15) is 0 Å². The van der Waals surface area contributed by atoms with Crippen LogP contribution in [0.4, 0.5) is 4.79 Å². The molecule has 0 saturated heterocycles. The molecule has 3 nitrogen and oxygen atoms in total. The molecule has 0 N–H and O–H groups in total. The molecule has 0 aliphatic carbocycles. The summed E-state index contributed by atoms with van der Waals surface area (Å²) in [5.74, 6) is 0.632. The molecule has 0 aromatic heterocycles. The quantitative estimate of drug-likeness (QED) is 0.855. The van der Waals surface area contributed by atoms with Gasteiger partial charge in [-0.1, -0.05) is 71.9 Å². The van der Waals surface area contributed by atoms with Crippen molar-refractivity contribution >= 4 is 22.7 Å². The summed E-state index contributed by atoms with van der Waals surface area (Å²) in [5, 5.41) is 6.10. The zero-order valence-electron chi connectivity index (χ0n) is 11.8. The summed E-state index contributed by atoms with van der Waals surface area (Å²) in [4.78, 5) is 12.0. The molecule has 0 bridgehead atoms.